The highest BCUT2D eigenvalue weighted by Crippen LogP contribution is 2.36. The molecule has 0 aliphatic heterocycles. The Morgan fingerprint density at radius 1 is 1.60 bits per heavy atom. The first kappa shape index (κ1) is 12.0. The molecule has 0 radical (unpaired) electrons. The van der Waals surface area contributed by atoms with Crippen LogP contribution < -0.4 is 0 Å². The second-order valence-electron chi connectivity index (χ2n) is 3.94. The van der Waals surface area contributed by atoms with Crippen LogP contribution in [0.2, 0.25) is 0 Å². The van der Waals surface area contributed by atoms with Crippen molar-refractivity contribution in [2.24, 2.45) is 5.92 Å². The average Bonchev–Trinajstić information content (AvgIpc) is 2.29. The van der Waals surface area contributed by atoms with E-state index in [-0.39, 0.29) is 11.7 Å². The number of ether oxygens (including phenoxy) is 1. The van der Waals surface area contributed by atoms with Gasteiger partial charge in [-0.3, -0.25) is 4.79 Å². The second kappa shape index (κ2) is 5.14. The van der Waals surface area contributed by atoms with E-state index in [1.807, 2.05) is 6.92 Å². The minimum absolute atomic E-state index is 0.0944. The van der Waals surface area contributed by atoms with Crippen molar-refractivity contribution in [1.29, 1.82) is 0 Å². The van der Waals surface area contributed by atoms with Crippen LogP contribution in [0.4, 0.5) is 0 Å². The normalized spacial score (nSPS) is 31.4. The number of hydrogen-bond acceptors (Lipinski definition) is 2. The minimum atomic E-state index is -0.672. The number of allylic oxidation sites excluding steroid dienone is 2. The van der Waals surface area contributed by atoms with Gasteiger partial charge in [-0.05, 0) is 32.3 Å². The van der Waals surface area contributed by atoms with Gasteiger partial charge in [0.1, 0.15) is 5.60 Å². The molecule has 1 fully saturated rings. The van der Waals surface area contributed by atoms with Crippen LogP contribution in [0.25, 0.3) is 0 Å². The molecule has 0 N–H and O–H groups in total. The maximum atomic E-state index is 11.9. The van der Waals surface area contributed by atoms with Gasteiger partial charge in [-0.25, -0.2) is 0 Å². The lowest BCUT2D eigenvalue weighted by Crippen LogP contribution is -2.44. The quantitative estimate of drug-likeness (QED) is 0.523. The lowest BCUT2D eigenvalue weighted by molar-refractivity contribution is -0.129. The zero-order valence-corrected chi connectivity index (χ0v) is 9.45. The fraction of sp³-hybridized carbons (Fsp3) is 0.615. The Balaban J connectivity index is 2.92. The van der Waals surface area contributed by atoms with E-state index in [2.05, 4.69) is 5.92 Å². The lowest BCUT2D eigenvalue weighted by atomic mass is 9.73. The summed E-state index contributed by atoms with van der Waals surface area (Å²) in [5, 5.41) is 0. The third-order valence-electron chi connectivity index (χ3n) is 3.14. The monoisotopic (exact) mass is 206 g/mol. The Bertz CT molecular complexity index is 298. The van der Waals surface area contributed by atoms with Crippen LogP contribution >= 0.6 is 0 Å². The molecular formula is C13H18O2. The Labute approximate surface area is 91.7 Å². The van der Waals surface area contributed by atoms with Crippen molar-refractivity contribution in [1.82, 2.24) is 0 Å². The highest BCUT2D eigenvalue weighted by atomic mass is 16.5. The number of rotatable bonds is 3. The van der Waals surface area contributed by atoms with Gasteiger partial charge in [-0.2, -0.15) is 0 Å². The van der Waals surface area contributed by atoms with Crippen LogP contribution in [0.3, 0.4) is 0 Å². The van der Waals surface area contributed by atoms with Crippen molar-refractivity contribution >= 4 is 5.78 Å². The molecule has 0 aromatic heterocycles. The van der Waals surface area contributed by atoms with Crippen molar-refractivity contribution in [2.45, 2.75) is 38.2 Å². The highest BCUT2D eigenvalue weighted by molar-refractivity contribution is 5.93. The molecule has 1 rings (SSSR count). The molecule has 0 aromatic carbocycles. The first-order valence-electron chi connectivity index (χ1n) is 5.39. The van der Waals surface area contributed by atoms with Gasteiger partial charge < -0.3 is 4.74 Å². The van der Waals surface area contributed by atoms with Gasteiger partial charge in [-0.15, -0.1) is 6.42 Å². The molecule has 1 aliphatic rings. The van der Waals surface area contributed by atoms with E-state index in [4.69, 9.17) is 11.2 Å². The van der Waals surface area contributed by atoms with Gasteiger partial charge in [0.15, 0.2) is 5.78 Å². The van der Waals surface area contributed by atoms with Crippen LogP contribution in [-0.4, -0.2) is 18.5 Å². The first-order valence-corrected chi connectivity index (χ1v) is 5.39. The highest BCUT2D eigenvalue weighted by Gasteiger charge is 2.42. The van der Waals surface area contributed by atoms with Crippen LogP contribution in [0.5, 0.6) is 0 Å². The molecule has 2 nitrogen and oxygen atoms in total. The Hall–Kier alpha value is -1.07. The molecule has 1 aliphatic carbocycles. The Kier molecular flexibility index (Phi) is 4.11. The average molecular weight is 206 g/mol. The Morgan fingerprint density at radius 3 is 2.87 bits per heavy atom. The molecule has 2 heteroatoms. The largest absolute Gasteiger partial charge is 0.365 e. The van der Waals surface area contributed by atoms with Gasteiger partial charge in [0.05, 0.1) is 5.92 Å². The van der Waals surface area contributed by atoms with Gasteiger partial charge >= 0.3 is 0 Å². The molecular weight excluding hydrogens is 188 g/mol. The van der Waals surface area contributed by atoms with E-state index in [0.717, 1.165) is 25.7 Å². The molecule has 0 spiro atoms. The van der Waals surface area contributed by atoms with Crippen LogP contribution in [0.1, 0.15) is 32.6 Å². The fourth-order valence-electron chi connectivity index (χ4n) is 2.27. The minimum Gasteiger partial charge on any atom is -0.365 e. The van der Waals surface area contributed by atoms with E-state index >= 15 is 0 Å². The van der Waals surface area contributed by atoms with Gasteiger partial charge in [-0.1, -0.05) is 18.4 Å². The second-order valence-corrected chi connectivity index (χ2v) is 3.94. The number of ketones is 1. The number of hydrogen-bond donors (Lipinski definition) is 0. The van der Waals surface area contributed by atoms with Crippen molar-refractivity contribution < 1.29 is 9.53 Å². The van der Waals surface area contributed by atoms with Crippen molar-refractivity contribution in [3.8, 4) is 12.3 Å². The van der Waals surface area contributed by atoms with Crippen molar-refractivity contribution in [2.75, 3.05) is 7.11 Å². The summed E-state index contributed by atoms with van der Waals surface area (Å²) < 4.78 is 5.42. The predicted molar refractivity (Wildman–Crippen MR) is 60.4 cm³/mol. The molecule has 82 valence electrons. The maximum Gasteiger partial charge on any atom is 0.162 e. The predicted octanol–water partition coefficient (Wildman–Crippen LogP) is 2.34. The summed E-state index contributed by atoms with van der Waals surface area (Å²) in [4.78, 5) is 11.9. The molecule has 2 unspecified atom stereocenters. The molecule has 0 saturated heterocycles. The summed E-state index contributed by atoms with van der Waals surface area (Å²) in [6, 6.07) is 0. The summed E-state index contributed by atoms with van der Waals surface area (Å²) >= 11 is 0. The number of carbonyl (C=O) groups is 1. The summed E-state index contributed by atoms with van der Waals surface area (Å²) in [7, 11) is 1.60. The summed E-state index contributed by atoms with van der Waals surface area (Å²) in [5.74, 6) is 2.60. The van der Waals surface area contributed by atoms with E-state index in [9.17, 15) is 4.79 Å². The molecule has 0 aromatic rings. The third kappa shape index (κ3) is 2.30. The van der Waals surface area contributed by atoms with E-state index in [1.54, 1.807) is 19.3 Å². The van der Waals surface area contributed by atoms with Crippen molar-refractivity contribution in [3.05, 3.63) is 12.2 Å². The number of carbonyl (C=O) groups excluding carboxylic acids is 1. The molecule has 0 bridgehead atoms. The van der Waals surface area contributed by atoms with Crippen molar-refractivity contribution in [3.63, 3.8) is 0 Å². The zero-order chi connectivity index (χ0) is 11.3. The molecule has 0 heterocycles. The van der Waals surface area contributed by atoms with Crippen LogP contribution in [-0.2, 0) is 9.53 Å². The number of methoxy groups -OCH3 is 1. The zero-order valence-electron chi connectivity index (χ0n) is 9.45. The fourth-order valence-corrected chi connectivity index (χ4v) is 2.27. The third-order valence-corrected chi connectivity index (χ3v) is 3.14. The topological polar surface area (TPSA) is 26.3 Å². The molecule has 15 heavy (non-hydrogen) atoms. The van der Waals surface area contributed by atoms with Crippen LogP contribution in [0.15, 0.2) is 12.2 Å². The molecule has 1 saturated carbocycles. The molecule has 2 atom stereocenters. The van der Waals surface area contributed by atoms with E-state index < -0.39 is 5.60 Å². The SMILES string of the molecule is C#CC1(OC)CCCCC1C(=O)/C=C/C. The Morgan fingerprint density at radius 2 is 2.33 bits per heavy atom. The lowest BCUT2D eigenvalue weighted by Gasteiger charge is -2.37. The van der Waals surface area contributed by atoms with Gasteiger partial charge in [0.2, 0.25) is 0 Å². The van der Waals surface area contributed by atoms with E-state index in [0.29, 0.717) is 0 Å². The smallest absolute Gasteiger partial charge is 0.162 e. The first-order chi connectivity index (χ1) is 7.20. The van der Waals surface area contributed by atoms with Gasteiger partial charge in [0.25, 0.3) is 0 Å². The van der Waals surface area contributed by atoms with E-state index in [1.165, 1.54) is 0 Å². The maximum absolute atomic E-state index is 11.9. The molecule has 0 amide bonds. The van der Waals surface area contributed by atoms with Gasteiger partial charge in [0, 0.05) is 7.11 Å². The summed E-state index contributed by atoms with van der Waals surface area (Å²) in [6.07, 6.45) is 12.6. The summed E-state index contributed by atoms with van der Waals surface area (Å²) in [6.45, 7) is 1.84. The van der Waals surface area contributed by atoms with Crippen LogP contribution in [0, 0.1) is 18.3 Å². The standard InChI is InChI=1S/C13H18O2/c1-4-8-12(14)11-9-6-7-10-13(11,5-2)15-3/h2,4,8,11H,6-7,9-10H2,1,3H3/b8-4+. The number of terminal acetylenes is 1. The summed E-state index contributed by atoms with van der Waals surface area (Å²) in [5.41, 5.74) is -0.672.